The van der Waals surface area contributed by atoms with Gasteiger partial charge in [-0.3, -0.25) is 14.4 Å². The summed E-state index contributed by atoms with van der Waals surface area (Å²) in [5.74, 6) is 0.841. The van der Waals surface area contributed by atoms with E-state index in [-0.39, 0.29) is 31.1 Å². The fourth-order valence-corrected chi connectivity index (χ4v) is 7.78. The summed E-state index contributed by atoms with van der Waals surface area (Å²) >= 11 is 0. The average molecular weight is 821 g/mol. The van der Waals surface area contributed by atoms with Gasteiger partial charge in [0.15, 0.2) is 6.10 Å². The Labute approximate surface area is 361 Å². The highest BCUT2D eigenvalue weighted by molar-refractivity contribution is 5.71. The van der Waals surface area contributed by atoms with Crippen LogP contribution in [-0.2, 0) is 28.6 Å². The molecule has 6 nitrogen and oxygen atoms in total. The Balaban J connectivity index is 4.30. The van der Waals surface area contributed by atoms with Crippen LogP contribution < -0.4 is 0 Å². The molecule has 0 saturated heterocycles. The third kappa shape index (κ3) is 44.0. The van der Waals surface area contributed by atoms with Gasteiger partial charge in [-0.25, -0.2) is 0 Å². The Bertz CT molecular complexity index is 887. The minimum Gasteiger partial charge on any atom is -0.462 e. The summed E-state index contributed by atoms with van der Waals surface area (Å²) in [6.45, 7) is 11.4. The zero-order valence-corrected chi connectivity index (χ0v) is 39.7. The van der Waals surface area contributed by atoms with E-state index in [1.807, 2.05) is 0 Å². The molecule has 0 heterocycles. The standard InChI is InChI=1S/C52H100O6/c1-6-8-9-10-11-12-17-21-27-32-37-42-50(53)56-45-49(46-57-51(54)43-38-33-28-24-23-26-31-36-41-48(5)7-2)58-52(55)44-39-34-29-22-19-16-14-13-15-18-20-25-30-35-40-47(3)4/h47-49H,6-46H2,1-5H3/t48?,49-/m1/s1. The highest BCUT2D eigenvalue weighted by atomic mass is 16.6. The normalized spacial score (nSPS) is 12.5. The average Bonchev–Trinajstić information content (AvgIpc) is 3.21. The van der Waals surface area contributed by atoms with Gasteiger partial charge in [0.05, 0.1) is 0 Å². The molecule has 58 heavy (non-hydrogen) atoms. The summed E-state index contributed by atoms with van der Waals surface area (Å²) in [7, 11) is 0. The Hall–Kier alpha value is -1.59. The zero-order chi connectivity index (χ0) is 42.6. The molecule has 0 N–H and O–H groups in total. The molecule has 0 bridgehead atoms. The summed E-state index contributed by atoms with van der Waals surface area (Å²) in [6.07, 6.45) is 45.1. The second-order valence-corrected chi connectivity index (χ2v) is 18.5. The maximum absolute atomic E-state index is 12.8. The summed E-state index contributed by atoms with van der Waals surface area (Å²) in [6, 6.07) is 0. The van der Waals surface area contributed by atoms with Gasteiger partial charge in [-0.05, 0) is 31.1 Å². The molecule has 0 amide bonds. The van der Waals surface area contributed by atoms with E-state index >= 15 is 0 Å². The van der Waals surface area contributed by atoms with Crippen LogP contribution in [0.2, 0.25) is 0 Å². The lowest BCUT2D eigenvalue weighted by Crippen LogP contribution is -2.30. The van der Waals surface area contributed by atoms with Crippen LogP contribution in [0.3, 0.4) is 0 Å². The molecule has 6 heteroatoms. The second-order valence-electron chi connectivity index (χ2n) is 18.5. The van der Waals surface area contributed by atoms with Crippen molar-refractivity contribution in [3.05, 3.63) is 0 Å². The van der Waals surface area contributed by atoms with Crippen molar-refractivity contribution >= 4 is 17.9 Å². The molecule has 0 fully saturated rings. The molecule has 0 aliphatic rings. The van der Waals surface area contributed by atoms with Gasteiger partial charge in [0.2, 0.25) is 0 Å². The van der Waals surface area contributed by atoms with Crippen molar-refractivity contribution in [1.29, 1.82) is 0 Å². The lowest BCUT2D eigenvalue weighted by Gasteiger charge is -2.18. The van der Waals surface area contributed by atoms with Crippen molar-refractivity contribution < 1.29 is 28.6 Å². The number of hydrogen-bond donors (Lipinski definition) is 0. The van der Waals surface area contributed by atoms with Gasteiger partial charge in [0.25, 0.3) is 0 Å². The largest absolute Gasteiger partial charge is 0.462 e. The van der Waals surface area contributed by atoms with Gasteiger partial charge in [0, 0.05) is 19.3 Å². The molecular weight excluding hydrogens is 721 g/mol. The lowest BCUT2D eigenvalue weighted by atomic mass is 9.99. The van der Waals surface area contributed by atoms with Crippen LogP contribution in [0.25, 0.3) is 0 Å². The van der Waals surface area contributed by atoms with Gasteiger partial charge in [-0.1, -0.05) is 247 Å². The van der Waals surface area contributed by atoms with Crippen molar-refractivity contribution in [2.24, 2.45) is 11.8 Å². The predicted octanol–water partition coefficient (Wildman–Crippen LogP) is 16.5. The Morgan fingerprint density at radius 2 is 0.655 bits per heavy atom. The number of ether oxygens (including phenoxy) is 3. The summed E-state index contributed by atoms with van der Waals surface area (Å²) in [4.78, 5) is 37.9. The number of unbranched alkanes of at least 4 members (excludes halogenated alkanes) is 30. The Morgan fingerprint density at radius 3 is 0.983 bits per heavy atom. The fraction of sp³-hybridized carbons (Fsp3) is 0.942. The SMILES string of the molecule is CCCCCCCCCCCCCC(=O)OC[C@H](COC(=O)CCCCCCCCCCC(C)CC)OC(=O)CCCCCCCCCCCCCCCCC(C)C. The smallest absolute Gasteiger partial charge is 0.306 e. The monoisotopic (exact) mass is 821 g/mol. The number of carbonyl (C=O) groups excluding carboxylic acids is 3. The summed E-state index contributed by atoms with van der Waals surface area (Å²) in [5, 5.41) is 0. The van der Waals surface area contributed by atoms with E-state index in [1.165, 1.54) is 173 Å². The first kappa shape index (κ1) is 56.4. The van der Waals surface area contributed by atoms with Gasteiger partial charge in [0.1, 0.15) is 13.2 Å². The molecule has 0 rings (SSSR count). The van der Waals surface area contributed by atoms with Crippen molar-refractivity contribution in [1.82, 2.24) is 0 Å². The van der Waals surface area contributed by atoms with E-state index < -0.39 is 6.10 Å². The number of rotatable bonds is 46. The maximum Gasteiger partial charge on any atom is 0.306 e. The summed E-state index contributed by atoms with van der Waals surface area (Å²) in [5.41, 5.74) is 0. The topological polar surface area (TPSA) is 78.9 Å². The van der Waals surface area contributed by atoms with Gasteiger partial charge in [-0.2, -0.15) is 0 Å². The minimum atomic E-state index is -0.761. The summed E-state index contributed by atoms with van der Waals surface area (Å²) < 4.78 is 16.8. The number of esters is 3. The third-order valence-electron chi connectivity index (χ3n) is 12.1. The van der Waals surface area contributed by atoms with E-state index in [1.54, 1.807) is 0 Å². The second kappa shape index (κ2) is 44.9. The van der Waals surface area contributed by atoms with Crippen LogP contribution >= 0.6 is 0 Å². The molecule has 0 aliphatic heterocycles. The van der Waals surface area contributed by atoms with Crippen LogP contribution in [0.15, 0.2) is 0 Å². The van der Waals surface area contributed by atoms with E-state index in [2.05, 4.69) is 34.6 Å². The van der Waals surface area contributed by atoms with Gasteiger partial charge < -0.3 is 14.2 Å². The quantitative estimate of drug-likeness (QED) is 0.0346. The fourth-order valence-electron chi connectivity index (χ4n) is 7.78. The molecule has 0 aromatic heterocycles. The predicted molar refractivity (Wildman–Crippen MR) is 247 cm³/mol. The van der Waals surface area contributed by atoms with Gasteiger partial charge >= 0.3 is 17.9 Å². The molecule has 2 atom stereocenters. The molecular formula is C52H100O6. The zero-order valence-electron chi connectivity index (χ0n) is 39.7. The molecule has 0 aromatic carbocycles. The Kier molecular flexibility index (Phi) is 43.7. The van der Waals surface area contributed by atoms with Gasteiger partial charge in [-0.15, -0.1) is 0 Å². The maximum atomic E-state index is 12.8. The minimum absolute atomic E-state index is 0.0639. The van der Waals surface area contributed by atoms with Crippen LogP contribution in [0.4, 0.5) is 0 Å². The van der Waals surface area contributed by atoms with E-state index in [0.717, 1.165) is 69.6 Å². The third-order valence-corrected chi connectivity index (χ3v) is 12.1. The number of carbonyl (C=O) groups is 3. The van der Waals surface area contributed by atoms with E-state index in [4.69, 9.17) is 14.2 Å². The lowest BCUT2D eigenvalue weighted by molar-refractivity contribution is -0.167. The first-order valence-corrected chi connectivity index (χ1v) is 25.8. The van der Waals surface area contributed by atoms with Crippen LogP contribution in [-0.4, -0.2) is 37.2 Å². The Morgan fingerprint density at radius 1 is 0.362 bits per heavy atom. The van der Waals surface area contributed by atoms with Crippen molar-refractivity contribution in [3.63, 3.8) is 0 Å². The molecule has 0 spiro atoms. The number of hydrogen-bond acceptors (Lipinski definition) is 6. The van der Waals surface area contributed by atoms with Crippen molar-refractivity contribution in [3.8, 4) is 0 Å². The van der Waals surface area contributed by atoms with Crippen LogP contribution in [0, 0.1) is 11.8 Å². The molecule has 344 valence electrons. The highest BCUT2D eigenvalue weighted by Gasteiger charge is 2.19. The molecule has 0 aromatic rings. The van der Waals surface area contributed by atoms with E-state index in [9.17, 15) is 14.4 Å². The van der Waals surface area contributed by atoms with Crippen LogP contribution in [0.5, 0.6) is 0 Å². The van der Waals surface area contributed by atoms with Crippen molar-refractivity contribution in [2.45, 2.75) is 291 Å². The molecule has 1 unspecified atom stereocenters. The van der Waals surface area contributed by atoms with Crippen molar-refractivity contribution in [2.75, 3.05) is 13.2 Å². The molecule has 0 radical (unpaired) electrons. The molecule has 0 aliphatic carbocycles. The van der Waals surface area contributed by atoms with Crippen LogP contribution in [0.1, 0.15) is 285 Å². The first-order valence-electron chi connectivity index (χ1n) is 25.8. The molecule has 0 saturated carbocycles. The van der Waals surface area contributed by atoms with E-state index in [0.29, 0.717) is 19.3 Å². The first-order chi connectivity index (χ1) is 28.3. The highest BCUT2D eigenvalue weighted by Crippen LogP contribution is 2.18.